The molecule has 0 saturated carbocycles. The molecule has 2 aliphatic rings. The van der Waals surface area contributed by atoms with Gasteiger partial charge in [-0.1, -0.05) is 23.8 Å². The van der Waals surface area contributed by atoms with Gasteiger partial charge in [0.25, 0.3) is 5.91 Å². The molecule has 5 nitrogen and oxygen atoms in total. The number of piperidine rings is 1. The normalized spacial score (nSPS) is 19.6. The zero-order chi connectivity index (χ0) is 17.6. The van der Waals surface area contributed by atoms with Gasteiger partial charge in [-0.05, 0) is 30.9 Å². The van der Waals surface area contributed by atoms with Gasteiger partial charge >= 0.3 is 0 Å². The van der Waals surface area contributed by atoms with Crippen LogP contribution in [0.25, 0.3) is 0 Å². The number of likely N-dealkylation sites (tertiary alicyclic amines) is 1. The summed E-state index contributed by atoms with van der Waals surface area (Å²) in [6.45, 7) is 2.34. The minimum atomic E-state index is -0.331. The van der Waals surface area contributed by atoms with Crippen LogP contribution in [0.2, 0.25) is 0 Å². The lowest BCUT2D eigenvalue weighted by molar-refractivity contribution is -0.145. The third-order valence-electron chi connectivity index (χ3n) is 4.69. The lowest BCUT2D eigenvalue weighted by Gasteiger charge is -2.36. The lowest BCUT2D eigenvalue weighted by Crippen LogP contribution is -2.47. The Morgan fingerprint density at radius 2 is 2.16 bits per heavy atom. The topological polar surface area (TPSA) is 72.6 Å². The predicted octanol–water partition coefficient (Wildman–Crippen LogP) is 2.70. The molecule has 0 bridgehead atoms. The Kier molecular flexibility index (Phi) is 3.84. The summed E-state index contributed by atoms with van der Waals surface area (Å²) in [7, 11) is 0. The molecule has 2 amide bonds. The van der Waals surface area contributed by atoms with E-state index in [1.165, 1.54) is 4.90 Å². The van der Waals surface area contributed by atoms with Crippen molar-refractivity contribution in [3.8, 4) is 5.75 Å². The van der Waals surface area contributed by atoms with Gasteiger partial charge < -0.3 is 10.5 Å². The number of ether oxygens (including phenoxy) is 1. The van der Waals surface area contributed by atoms with Crippen LogP contribution >= 0.6 is 11.3 Å². The van der Waals surface area contributed by atoms with Crippen molar-refractivity contribution in [2.24, 2.45) is 5.73 Å². The predicted molar refractivity (Wildman–Crippen MR) is 95.1 cm³/mol. The minimum Gasteiger partial charge on any atom is -0.441 e. The number of hydrogen-bond donors (Lipinski definition) is 1. The number of nitrogens with zero attached hydrogens (tertiary/aromatic N) is 1. The van der Waals surface area contributed by atoms with Gasteiger partial charge in [0.15, 0.2) is 5.88 Å². The van der Waals surface area contributed by atoms with Crippen molar-refractivity contribution in [2.75, 3.05) is 6.54 Å². The van der Waals surface area contributed by atoms with Crippen molar-refractivity contribution in [3.05, 3.63) is 63.2 Å². The Hall–Kier alpha value is -2.60. The Balaban J connectivity index is 1.64. The van der Waals surface area contributed by atoms with Crippen molar-refractivity contribution in [1.29, 1.82) is 0 Å². The van der Waals surface area contributed by atoms with E-state index in [0.717, 1.165) is 16.0 Å². The summed E-state index contributed by atoms with van der Waals surface area (Å²) in [5, 5.41) is 1.99. The van der Waals surface area contributed by atoms with Gasteiger partial charge in [-0.2, -0.15) is 0 Å². The van der Waals surface area contributed by atoms with Gasteiger partial charge in [0.05, 0.1) is 5.57 Å². The van der Waals surface area contributed by atoms with Crippen LogP contribution in [0, 0.1) is 6.92 Å². The molecule has 1 aromatic carbocycles. The van der Waals surface area contributed by atoms with E-state index >= 15 is 0 Å². The van der Waals surface area contributed by atoms with Crippen LogP contribution in [0.1, 0.15) is 28.3 Å². The Labute approximate surface area is 149 Å². The molecule has 1 fully saturated rings. The first kappa shape index (κ1) is 15.9. The maximum absolute atomic E-state index is 12.9. The fraction of sp³-hybridized carbons (Fsp3) is 0.263. The first-order valence-corrected chi connectivity index (χ1v) is 9.07. The largest absolute Gasteiger partial charge is 0.441 e. The van der Waals surface area contributed by atoms with E-state index in [0.29, 0.717) is 24.3 Å². The number of carbonyl (C=O) groups excluding carboxylic acids is 2. The zero-order valence-electron chi connectivity index (χ0n) is 13.8. The molecule has 3 heterocycles. The summed E-state index contributed by atoms with van der Waals surface area (Å²) in [6.07, 6.45) is 0.898. The molecule has 2 aliphatic heterocycles. The number of amides is 2. The number of aryl methyl sites for hydroxylation is 1. The second kappa shape index (κ2) is 6.04. The van der Waals surface area contributed by atoms with Gasteiger partial charge in [0, 0.05) is 29.3 Å². The van der Waals surface area contributed by atoms with Crippen LogP contribution in [-0.4, -0.2) is 23.3 Å². The van der Waals surface area contributed by atoms with E-state index in [4.69, 9.17) is 10.5 Å². The Morgan fingerprint density at radius 3 is 2.92 bits per heavy atom. The lowest BCUT2D eigenvalue weighted by atomic mass is 9.82. The molecular weight excluding hydrogens is 336 g/mol. The molecule has 6 heteroatoms. The average Bonchev–Trinajstić information content (AvgIpc) is 3.08. The zero-order valence-corrected chi connectivity index (χ0v) is 14.6. The second-order valence-corrected chi connectivity index (χ2v) is 7.39. The van der Waals surface area contributed by atoms with Crippen molar-refractivity contribution < 1.29 is 14.3 Å². The standard InChI is InChI=1S/C19H18N2O3S/c1-11-4-5-15-13(9-11)14-10-16(22)21(7-6-12-3-2-8-25-12)19(23)17(14)18(20)24-15/h2-5,8-9,14H,6-7,10,20H2,1H3. The molecule has 1 aromatic heterocycles. The second-order valence-electron chi connectivity index (χ2n) is 6.36. The van der Waals surface area contributed by atoms with Crippen LogP contribution in [-0.2, 0) is 16.0 Å². The summed E-state index contributed by atoms with van der Waals surface area (Å²) >= 11 is 1.62. The number of carbonyl (C=O) groups is 2. The van der Waals surface area contributed by atoms with Crippen LogP contribution in [0.5, 0.6) is 5.75 Å². The third kappa shape index (κ3) is 2.72. The molecular formula is C19H18N2O3S. The highest BCUT2D eigenvalue weighted by Crippen LogP contribution is 2.43. The van der Waals surface area contributed by atoms with Gasteiger partial charge in [-0.15, -0.1) is 11.3 Å². The van der Waals surface area contributed by atoms with Gasteiger partial charge in [0.2, 0.25) is 5.91 Å². The van der Waals surface area contributed by atoms with Gasteiger partial charge in [-0.25, -0.2) is 0 Å². The van der Waals surface area contributed by atoms with E-state index in [1.807, 2.05) is 42.6 Å². The van der Waals surface area contributed by atoms with Crippen LogP contribution < -0.4 is 10.5 Å². The van der Waals surface area contributed by atoms with Crippen molar-refractivity contribution in [2.45, 2.75) is 25.7 Å². The number of hydrogen-bond acceptors (Lipinski definition) is 5. The summed E-state index contributed by atoms with van der Waals surface area (Å²) < 4.78 is 5.66. The number of imide groups is 1. The molecule has 25 heavy (non-hydrogen) atoms. The van der Waals surface area contributed by atoms with Crippen molar-refractivity contribution >= 4 is 23.2 Å². The Morgan fingerprint density at radius 1 is 1.32 bits per heavy atom. The average molecular weight is 354 g/mol. The van der Waals surface area contributed by atoms with Crippen LogP contribution in [0.3, 0.4) is 0 Å². The molecule has 4 rings (SSSR count). The number of thiophene rings is 1. The minimum absolute atomic E-state index is 0.111. The van der Waals surface area contributed by atoms with E-state index in [1.54, 1.807) is 11.3 Å². The van der Waals surface area contributed by atoms with E-state index in [-0.39, 0.29) is 30.0 Å². The molecule has 0 aliphatic carbocycles. The maximum atomic E-state index is 12.9. The number of nitrogens with two attached hydrogens (primary N) is 1. The third-order valence-corrected chi connectivity index (χ3v) is 5.63. The quantitative estimate of drug-likeness (QED) is 0.860. The van der Waals surface area contributed by atoms with Crippen LogP contribution in [0.4, 0.5) is 0 Å². The van der Waals surface area contributed by atoms with Crippen molar-refractivity contribution in [3.63, 3.8) is 0 Å². The summed E-state index contributed by atoms with van der Waals surface area (Å²) in [5.41, 5.74) is 8.36. The fourth-order valence-electron chi connectivity index (χ4n) is 3.45. The molecule has 1 atom stereocenters. The molecule has 1 unspecified atom stereocenters. The smallest absolute Gasteiger partial charge is 0.262 e. The number of benzene rings is 1. The molecule has 1 saturated heterocycles. The van der Waals surface area contributed by atoms with E-state index < -0.39 is 0 Å². The maximum Gasteiger partial charge on any atom is 0.262 e. The SMILES string of the molecule is Cc1ccc2c(c1)C1CC(=O)N(CCc3cccs3)C(=O)C1=C(N)O2. The van der Waals surface area contributed by atoms with Crippen LogP contribution in [0.15, 0.2) is 47.2 Å². The molecule has 0 radical (unpaired) electrons. The number of fused-ring (bicyclic) bond motifs is 3. The molecule has 2 N–H and O–H groups in total. The highest BCUT2D eigenvalue weighted by atomic mass is 32.1. The Bertz CT molecular complexity index is 886. The summed E-state index contributed by atoms with van der Waals surface area (Å²) in [4.78, 5) is 28.0. The molecule has 128 valence electrons. The highest BCUT2D eigenvalue weighted by Gasteiger charge is 2.43. The van der Waals surface area contributed by atoms with E-state index in [2.05, 4.69) is 0 Å². The summed E-state index contributed by atoms with van der Waals surface area (Å²) in [5.74, 6) is -0.0639. The van der Waals surface area contributed by atoms with E-state index in [9.17, 15) is 9.59 Å². The highest BCUT2D eigenvalue weighted by molar-refractivity contribution is 7.09. The van der Waals surface area contributed by atoms with Gasteiger partial charge in [-0.3, -0.25) is 14.5 Å². The monoisotopic (exact) mass is 354 g/mol. The molecule has 2 aromatic rings. The van der Waals surface area contributed by atoms with Crippen molar-refractivity contribution in [1.82, 2.24) is 4.90 Å². The number of rotatable bonds is 3. The first-order chi connectivity index (χ1) is 12.0. The van der Waals surface area contributed by atoms with Gasteiger partial charge in [0.1, 0.15) is 5.75 Å². The molecule has 0 spiro atoms. The summed E-state index contributed by atoms with van der Waals surface area (Å²) in [6, 6.07) is 9.70. The first-order valence-electron chi connectivity index (χ1n) is 8.19. The fourth-order valence-corrected chi connectivity index (χ4v) is 4.15.